The molecule has 1 heteroatoms. The van der Waals surface area contributed by atoms with Crippen molar-refractivity contribution in [3.63, 3.8) is 0 Å². The number of allylic oxidation sites excluding steroid dienone is 1. The Kier molecular flexibility index (Phi) is 5.96. The second-order valence-corrected chi connectivity index (χ2v) is 4.75. The fourth-order valence-electron chi connectivity index (χ4n) is 2.10. The van der Waals surface area contributed by atoms with Gasteiger partial charge in [0.05, 0.1) is 0 Å². The largest absolute Gasteiger partial charge is 0.207 e. The van der Waals surface area contributed by atoms with Gasteiger partial charge in [-0.2, -0.15) is 0 Å². The molecule has 1 aromatic rings. The topological polar surface area (TPSA) is 0 Å². The SMILES string of the molecule is C=CC(CCCC)CCc1cc(F)ccc1C. The lowest BCUT2D eigenvalue weighted by atomic mass is 9.93. The van der Waals surface area contributed by atoms with E-state index in [-0.39, 0.29) is 5.82 Å². The first kappa shape index (κ1) is 14.0. The first-order valence-corrected chi connectivity index (χ1v) is 6.55. The van der Waals surface area contributed by atoms with Crippen LogP contribution in [-0.2, 0) is 6.42 Å². The Morgan fingerprint density at radius 2 is 2.12 bits per heavy atom. The first-order chi connectivity index (χ1) is 8.17. The number of aryl methyl sites for hydroxylation is 2. The molecule has 0 aromatic heterocycles. The molecular weight excluding hydrogens is 211 g/mol. The molecule has 0 aliphatic rings. The van der Waals surface area contributed by atoms with Crippen LogP contribution in [-0.4, -0.2) is 0 Å². The number of hydrogen-bond donors (Lipinski definition) is 0. The van der Waals surface area contributed by atoms with Gasteiger partial charge in [0.25, 0.3) is 0 Å². The molecule has 0 amide bonds. The molecule has 1 rings (SSSR count). The molecule has 17 heavy (non-hydrogen) atoms. The predicted molar refractivity (Wildman–Crippen MR) is 72.7 cm³/mol. The fourth-order valence-corrected chi connectivity index (χ4v) is 2.10. The van der Waals surface area contributed by atoms with Crippen LogP contribution in [0.5, 0.6) is 0 Å². The zero-order chi connectivity index (χ0) is 12.7. The number of rotatable bonds is 7. The van der Waals surface area contributed by atoms with Crippen LogP contribution in [0.3, 0.4) is 0 Å². The molecule has 0 N–H and O–H groups in total. The summed E-state index contributed by atoms with van der Waals surface area (Å²) in [5.74, 6) is 0.437. The summed E-state index contributed by atoms with van der Waals surface area (Å²) < 4.78 is 13.1. The van der Waals surface area contributed by atoms with Crippen LogP contribution >= 0.6 is 0 Å². The normalized spacial score (nSPS) is 12.4. The van der Waals surface area contributed by atoms with Crippen molar-refractivity contribution in [2.45, 2.75) is 46.0 Å². The van der Waals surface area contributed by atoms with E-state index in [0.717, 1.165) is 18.4 Å². The molecule has 0 bridgehead atoms. The molecule has 0 aliphatic heterocycles. The Morgan fingerprint density at radius 1 is 1.35 bits per heavy atom. The molecule has 0 radical (unpaired) electrons. The molecule has 1 aromatic carbocycles. The average molecular weight is 234 g/mol. The van der Waals surface area contributed by atoms with Gasteiger partial charge in [-0.25, -0.2) is 4.39 Å². The van der Waals surface area contributed by atoms with Crippen LogP contribution in [0.15, 0.2) is 30.9 Å². The number of unbranched alkanes of at least 4 members (excludes halogenated alkanes) is 1. The van der Waals surface area contributed by atoms with Gasteiger partial charge >= 0.3 is 0 Å². The molecule has 0 heterocycles. The van der Waals surface area contributed by atoms with Crippen molar-refractivity contribution < 1.29 is 4.39 Å². The molecule has 1 atom stereocenters. The lowest BCUT2D eigenvalue weighted by molar-refractivity contribution is 0.517. The van der Waals surface area contributed by atoms with Crippen LogP contribution in [0, 0.1) is 18.7 Å². The van der Waals surface area contributed by atoms with Gasteiger partial charge in [0, 0.05) is 0 Å². The average Bonchev–Trinajstić information content (AvgIpc) is 2.33. The van der Waals surface area contributed by atoms with Gasteiger partial charge < -0.3 is 0 Å². The Morgan fingerprint density at radius 3 is 2.76 bits per heavy atom. The first-order valence-electron chi connectivity index (χ1n) is 6.55. The second-order valence-electron chi connectivity index (χ2n) is 4.75. The maximum Gasteiger partial charge on any atom is 0.123 e. The molecule has 0 spiro atoms. The summed E-state index contributed by atoms with van der Waals surface area (Å²) >= 11 is 0. The van der Waals surface area contributed by atoms with E-state index < -0.39 is 0 Å². The van der Waals surface area contributed by atoms with E-state index in [9.17, 15) is 4.39 Å². The van der Waals surface area contributed by atoms with Crippen LogP contribution < -0.4 is 0 Å². The second kappa shape index (κ2) is 7.26. The van der Waals surface area contributed by atoms with Gasteiger partial charge in [-0.1, -0.05) is 31.9 Å². The molecule has 1 unspecified atom stereocenters. The minimum absolute atomic E-state index is 0.130. The van der Waals surface area contributed by atoms with Crippen molar-refractivity contribution in [1.29, 1.82) is 0 Å². The summed E-state index contributed by atoms with van der Waals surface area (Å²) in [5.41, 5.74) is 2.32. The van der Waals surface area contributed by atoms with Crippen molar-refractivity contribution in [1.82, 2.24) is 0 Å². The molecule has 94 valence electrons. The van der Waals surface area contributed by atoms with Crippen LogP contribution in [0.2, 0.25) is 0 Å². The van der Waals surface area contributed by atoms with Gasteiger partial charge in [0.2, 0.25) is 0 Å². The highest BCUT2D eigenvalue weighted by Gasteiger charge is 2.06. The van der Waals surface area contributed by atoms with Crippen LogP contribution in [0.25, 0.3) is 0 Å². The van der Waals surface area contributed by atoms with Crippen LogP contribution in [0.4, 0.5) is 4.39 Å². The minimum Gasteiger partial charge on any atom is -0.207 e. The molecule has 0 saturated carbocycles. The smallest absolute Gasteiger partial charge is 0.123 e. The Hall–Kier alpha value is -1.11. The van der Waals surface area contributed by atoms with Gasteiger partial charge in [0.1, 0.15) is 5.82 Å². The molecular formula is C16H23F. The van der Waals surface area contributed by atoms with Crippen molar-refractivity contribution in [3.05, 3.63) is 47.8 Å². The third-order valence-corrected chi connectivity index (χ3v) is 3.36. The monoisotopic (exact) mass is 234 g/mol. The van der Waals surface area contributed by atoms with Gasteiger partial charge in [-0.05, 0) is 55.4 Å². The molecule has 0 fully saturated rings. The molecule has 0 aliphatic carbocycles. The summed E-state index contributed by atoms with van der Waals surface area (Å²) in [6, 6.07) is 5.05. The predicted octanol–water partition coefficient (Wildman–Crippen LogP) is 5.06. The minimum atomic E-state index is -0.130. The summed E-state index contributed by atoms with van der Waals surface area (Å²) in [6.45, 7) is 8.14. The highest BCUT2D eigenvalue weighted by molar-refractivity contribution is 5.26. The standard InChI is InChI=1S/C16H23F/c1-4-6-7-14(5-2)9-10-15-12-16(17)11-8-13(15)3/h5,8,11-12,14H,2,4,6-7,9-10H2,1,3H3. The van der Waals surface area contributed by atoms with Gasteiger partial charge in [-0.3, -0.25) is 0 Å². The molecule has 0 saturated heterocycles. The quantitative estimate of drug-likeness (QED) is 0.578. The van der Waals surface area contributed by atoms with Crippen molar-refractivity contribution in [2.24, 2.45) is 5.92 Å². The lowest BCUT2D eigenvalue weighted by Crippen LogP contribution is -2.00. The summed E-state index contributed by atoms with van der Waals surface area (Å²) in [7, 11) is 0. The van der Waals surface area contributed by atoms with E-state index in [1.807, 2.05) is 19.1 Å². The third kappa shape index (κ3) is 4.72. The van der Waals surface area contributed by atoms with E-state index in [2.05, 4.69) is 13.5 Å². The van der Waals surface area contributed by atoms with Gasteiger partial charge in [0.15, 0.2) is 0 Å². The third-order valence-electron chi connectivity index (χ3n) is 3.36. The Balaban J connectivity index is 2.53. The highest BCUT2D eigenvalue weighted by Crippen LogP contribution is 2.19. The number of benzene rings is 1. The highest BCUT2D eigenvalue weighted by atomic mass is 19.1. The van der Waals surface area contributed by atoms with E-state index >= 15 is 0 Å². The van der Waals surface area contributed by atoms with E-state index in [4.69, 9.17) is 0 Å². The summed E-state index contributed by atoms with van der Waals surface area (Å²) in [6.07, 6.45) is 7.75. The van der Waals surface area contributed by atoms with Gasteiger partial charge in [-0.15, -0.1) is 6.58 Å². The summed E-state index contributed by atoms with van der Waals surface area (Å²) in [5, 5.41) is 0. The van der Waals surface area contributed by atoms with Crippen LogP contribution in [0.1, 0.15) is 43.7 Å². The zero-order valence-electron chi connectivity index (χ0n) is 11.0. The van der Waals surface area contributed by atoms with Crippen molar-refractivity contribution in [2.75, 3.05) is 0 Å². The maximum absolute atomic E-state index is 13.1. The Labute approximate surface area is 105 Å². The maximum atomic E-state index is 13.1. The zero-order valence-corrected chi connectivity index (χ0v) is 11.0. The number of halogens is 1. The Bertz CT molecular complexity index is 355. The van der Waals surface area contributed by atoms with Crippen molar-refractivity contribution in [3.8, 4) is 0 Å². The molecule has 0 nitrogen and oxygen atoms in total. The lowest BCUT2D eigenvalue weighted by Gasteiger charge is -2.13. The van der Waals surface area contributed by atoms with E-state index in [1.165, 1.54) is 30.9 Å². The van der Waals surface area contributed by atoms with E-state index in [0.29, 0.717) is 5.92 Å². The summed E-state index contributed by atoms with van der Waals surface area (Å²) in [4.78, 5) is 0. The van der Waals surface area contributed by atoms with E-state index in [1.54, 1.807) is 6.07 Å². The number of hydrogen-bond acceptors (Lipinski definition) is 0. The fraction of sp³-hybridized carbons (Fsp3) is 0.500. The van der Waals surface area contributed by atoms with Crippen molar-refractivity contribution >= 4 is 0 Å².